The van der Waals surface area contributed by atoms with Gasteiger partial charge >= 0.3 is 0 Å². The Kier molecular flexibility index (Phi) is 4.84. The van der Waals surface area contributed by atoms with Gasteiger partial charge in [0, 0.05) is 38.3 Å². The summed E-state index contributed by atoms with van der Waals surface area (Å²) < 4.78 is 5.01. The van der Waals surface area contributed by atoms with Crippen molar-refractivity contribution in [1.82, 2.24) is 10.2 Å². The molecule has 29 heavy (non-hydrogen) atoms. The van der Waals surface area contributed by atoms with Gasteiger partial charge in [-0.25, -0.2) is 0 Å². The van der Waals surface area contributed by atoms with Crippen LogP contribution in [0.25, 0.3) is 0 Å². The van der Waals surface area contributed by atoms with E-state index in [0.29, 0.717) is 29.3 Å². The smallest absolute Gasteiger partial charge is 0.250 e. The first kappa shape index (κ1) is 19.8. The van der Waals surface area contributed by atoms with Gasteiger partial charge in [0.2, 0.25) is 23.6 Å². The molecule has 1 spiro atoms. The highest BCUT2D eigenvalue weighted by molar-refractivity contribution is 6.35. The number of anilines is 1. The maximum atomic E-state index is 13.3. The molecule has 3 aliphatic heterocycles. The van der Waals surface area contributed by atoms with Gasteiger partial charge in [-0.15, -0.1) is 0 Å². The highest BCUT2D eigenvalue weighted by Gasteiger charge is 2.70. The van der Waals surface area contributed by atoms with Gasteiger partial charge in [0.15, 0.2) is 0 Å². The van der Waals surface area contributed by atoms with Gasteiger partial charge in [-0.2, -0.15) is 0 Å². The number of nitrogens with two attached hydrogens (primary N) is 1. The summed E-state index contributed by atoms with van der Waals surface area (Å²) in [6, 6.07) is 4.27. The van der Waals surface area contributed by atoms with Gasteiger partial charge in [0.1, 0.15) is 5.54 Å². The summed E-state index contributed by atoms with van der Waals surface area (Å²) in [7, 11) is 1.54. The number of primary amides is 1. The van der Waals surface area contributed by atoms with Crippen LogP contribution in [-0.4, -0.2) is 54.8 Å². The normalized spacial score (nSPS) is 30.1. The monoisotopic (exact) mass is 420 g/mol. The predicted octanol–water partition coefficient (Wildman–Crippen LogP) is -0.0277. The molecule has 9 nitrogen and oxygen atoms in total. The molecule has 0 radical (unpaired) electrons. The van der Waals surface area contributed by atoms with Crippen molar-refractivity contribution in [3.8, 4) is 0 Å². The van der Waals surface area contributed by atoms with Crippen molar-refractivity contribution in [2.75, 3.05) is 25.6 Å². The summed E-state index contributed by atoms with van der Waals surface area (Å²) in [5.41, 5.74) is 4.81. The van der Waals surface area contributed by atoms with Gasteiger partial charge in [0.05, 0.1) is 22.5 Å². The van der Waals surface area contributed by atoms with Gasteiger partial charge < -0.3 is 15.8 Å². The molecular weight excluding hydrogens is 400 g/mol. The lowest BCUT2D eigenvalue weighted by atomic mass is 9.76. The van der Waals surface area contributed by atoms with E-state index in [0.717, 1.165) is 0 Å². The molecule has 3 heterocycles. The first-order valence-electron chi connectivity index (χ1n) is 9.33. The molecule has 0 bridgehead atoms. The van der Waals surface area contributed by atoms with E-state index in [1.54, 1.807) is 18.2 Å². The molecule has 3 aliphatic rings. The number of amides is 4. The van der Waals surface area contributed by atoms with E-state index in [4.69, 9.17) is 22.1 Å². The van der Waals surface area contributed by atoms with Crippen LogP contribution in [-0.2, 0) is 29.5 Å². The topological polar surface area (TPSA) is 131 Å². The van der Waals surface area contributed by atoms with E-state index >= 15 is 0 Å². The van der Waals surface area contributed by atoms with Crippen LogP contribution in [0, 0.1) is 11.8 Å². The minimum atomic E-state index is -1.48. The summed E-state index contributed by atoms with van der Waals surface area (Å²) >= 11 is 6.25. The lowest BCUT2D eigenvalue weighted by Crippen LogP contribution is -2.53. The maximum Gasteiger partial charge on any atom is 0.250 e. The molecule has 0 aliphatic carbocycles. The Balaban J connectivity index is 1.80. The molecule has 2 fully saturated rings. The fraction of sp³-hybridized carbons (Fsp3) is 0.474. The Bertz CT molecular complexity index is 922. The number of benzene rings is 1. The van der Waals surface area contributed by atoms with Crippen molar-refractivity contribution in [2.24, 2.45) is 17.6 Å². The summed E-state index contributed by atoms with van der Waals surface area (Å²) in [5, 5.41) is 6.18. The van der Waals surface area contributed by atoms with E-state index in [2.05, 4.69) is 10.6 Å². The van der Waals surface area contributed by atoms with E-state index in [1.807, 2.05) is 0 Å². The molecule has 0 saturated carbocycles. The number of nitrogens with zero attached hydrogens (tertiary/aromatic N) is 1. The average Bonchev–Trinajstić information content (AvgIpc) is 3.23. The third-order valence-electron chi connectivity index (χ3n) is 5.94. The number of ether oxygens (including phenoxy) is 1. The summed E-state index contributed by atoms with van der Waals surface area (Å²) in [4.78, 5) is 52.4. The molecular formula is C19H21ClN4O5. The molecule has 2 saturated heterocycles. The number of rotatable bonds is 6. The second-order valence-electron chi connectivity index (χ2n) is 7.52. The second-order valence-corrected chi connectivity index (χ2v) is 7.93. The predicted molar refractivity (Wildman–Crippen MR) is 103 cm³/mol. The number of imide groups is 1. The number of hydrogen-bond donors (Lipinski definition) is 3. The van der Waals surface area contributed by atoms with E-state index in [9.17, 15) is 19.2 Å². The second kappa shape index (κ2) is 7.08. The van der Waals surface area contributed by atoms with Crippen LogP contribution in [0.2, 0.25) is 5.02 Å². The number of fused-ring (bicyclic) bond motifs is 4. The summed E-state index contributed by atoms with van der Waals surface area (Å²) in [5.74, 6) is -3.80. The van der Waals surface area contributed by atoms with Crippen LogP contribution in [0.1, 0.15) is 18.4 Å². The van der Waals surface area contributed by atoms with E-state index < -0.39 is 47.0 Å². The van der Waals surface area contributed by atoms with Crippen LogP contribution < -0.4 is 16.4 Å². The lowest BCUT2D eigenvalue weighted by molar-refractivity contribution is -0.143. The third kappa shape index (κ3) is 2.76. The van der Waals surface area contributed by atoms with Crippen molar-refractivity contribution in [2.45, 2.75) is 24.4 Å². The number of methoxy groups -OCH3 is 1. The molecule has 1 aromatic carbocycles. The fourth-order valence-corrected chi connectivity index (χ4v) is 5.05. The molecule has 4 rings (SSSR count). The van der Waals surface area contributed by atoms with Crippen LogP contribution in [0.3, 0.4) is 0 Å². The van der Waals surface area contributed by atoms with Crippen LogP contribution in [0.4, 0.5) is 5.69 Å². The zero-order chi connectivity index (χ0) is 20.9. The molecule has 4 amide bonds. The lowest BCUT2D eigenvalue weighted by Gasteiger charge is -2.29. The van der Waals surface area contributed by atoms with Crippen molar-refractivity contribution in [3.63, 3.8) is 0 Å². The summed E-state index contributed by atoms with van der Waals surface area (Å²) in [6.45, 7) is 0.571. The number of likely N-dealkylation sites (tertiary alicyclic amines) is 1. The zero-order valence-electron chi connectivity index (χ0n) is 15.7. The Morgan fingerprint density at radius 1 is 1.31 bits per heavy atom. The van der Waals surface area contributed by atoms with Crippen molar-refractivity contribution >= 4 is 40.9 Å². The summed E-state index contributed by atoms with van der Waals surface area (Å²) in [6.07, 6.45) is 0.306. The van der Waals surface area contributed by atoms with Crippen LogP contribution in [0.5, 0.6) is 0 Å². The van der Waals surface area contributed by atoms with Crippen molar-refractivity contribution in [1.29, 1.82) is 0 Å². The van der Waals surface area contributed by atoms with Gasteiger partial charge in [-0.3, -0.25) is 29.4 Å². The fourth-order valence-electron chi connectivity index (χ4n) is 4.83. The molecule has 4 atom stereocenters. The third-order valence-corrected chi connectivity index (χ3v) is 6.26. The number of carbonyl (C=O) groups is 4. The molecule has 1 aromatic rings. The Morgan fingerprint density at radius 2 is 2.07 bits per heavy atom. The van der Waals surface area contributed by atoms with Crippen LogP contribution >= 0.6 is 11.6 Å². The quantitative estimate of drug-likeness (QED) is 0.437. The van der Waals surface area contributed by atoms with Crippen molar-refractivity contribution < 1.29 is 23.9 Å². The highest BCUT2D eigenvalue weighted by Crippen LogP contribution is 2.54. The Hall–Kier alpha value is -2.49. The zero-order valence-corrected chi connectivity index (χ0v) is 16.5. The van der Waals surface area contributed by atoms with Crippen molar-refractivity contribution in [3.05, 3.63) is 28.8 Å². The van der Waals surface area contributed by atoms with Crippen LogP contribution in [0.15, 0.2) is 18.2 Å². The molecule has 4 unspecified atom stereocenters. The van der Waals surface area contributed by atoms with E-state index in [-0.39, 0.29) is 13.0 Å². The Morgan fingerprint density at radius 3 is 2.76 bits per heavy atom. The highest BCUT2D eigenvalue weighted by atomic mass is 35.5. The molecule has 0 aromatic heterocycles. The van der Waals surface area contributed by atoms with Gasteiger partial charge in [0.25, 0.3) is 0 Å². The van der Waals surface area contributed by atoms with E-state index in [1.165, 1.54) is 12.0 Å². The minimum absolute atomic E-state index is 0.170. The number of nitrogens with one attached hydrogen (secondary N) is 2. The first-order valence-corrected chi connectivity index (χ1v) is 9.71. The van der Waals surface area contributed by atoms with Gasteiger partial charge in [-0.05, 0) is 12.5 Å². The number of halogens is 1. The molecule has 10 heteroatoms. The standard InChI is InChI=1S/C19H21ClN4O5/c1-29-7-3-6-24-16(26)13-11(8-12(21)25)23-19(14(13)17(24)27)9-4-2-5-10(20)15(9)22-18(19)28/h2,4-5,11,13-14,23H,3,6-8H2,1H3,(H2,21,25)(H,22,28). The first-order chi connectivity index (χ1) is 13.8. The maximum absolute atomic E-state index is 13.3. The number of carbonyl (C=O) groups excluding carboxylic acids is 4. The minimum Gasteiger partial charge on any atom is -0.385 e. The number of para-hydroxylation sites is 1. The van der Waals surface area contributed by atoms with Gasteiger partial charge in [-0.1, -0.05) is 23.7 Å². The molecule has 154 valence electrons. The average molecular weight is 421 g/mol. The SMILES string of the molecule is COCCCN1C(=O)C2C(CC(N)=O)NC3(C(=O)Nc4c(Cl)cccc43)C2C1=O. The largest absolute Gasteiger partial charge is 0.385 e. The Labute approximate surface area is 171 Å². The molecule has 4 N–H and O–H groups in total. The number of hydrogen-bond acceptors (Lipinski definition) is 6.